The van der Waals surface area contributed by atoms with Crippen molar-refractivity contribution in [2.24, 2.45) is 0 Å². The highest BCUT2D eigenvalue weighted by Crippen LogP contribution is 2.35. The van der Waals surface area contributed by atoms with Gasteiger partial charge in [0.05, 0.1) is 25.3 Å². The number of nitrogens with zero attached hydrogens (tertiary/aromatic N) is 6. The van der Waals surface area contributed by atoms with Crippen molar-refractivity contribution in [1.82, 2.24) is 24.8 Å². The average Bonchev–Trinajstić information content (AvgIpc) is 3.56. The van der Waals surface area contributed by atoms with Crippen molar-refractivity contribution in [3.05, 3.63) is 41.7 Å². The molecule has 0 spiro atoms. The lowest BCUT2D eigenvalue weighted by Gasteiger charge is -2.29. The number of rotatable bonds is 7. The second kappa shape index (κ2) is 13.9. The lowest BCUT2D eigenvalue weighted by Crippen LogP contribution is -2.57. The summed E-state index contributed by atoms with van der Waals surface area (Å²) in [6.45, 7) is 14.8. The summed E-state index contributed by atoms with van der Waals surface area (Å²) in [5.41, 5.74) is -3.24. The van der Waals surface area contributed by atoms with Gasteiger partial charge in [0, 0.05) is 29.8 Å². The van der Waals surface area contributed by atoms with Gasteiger partial charge in [-0.3, -0.25) is 0 Å². The van der Waals surface area contributed by atoms with Gasteiger partial charge in [0.15, 0.2) is 22.5 Å². The van der Waals surface area contributed by atoms with E-state index >= 15 is 4.39 Å². The number of ether oxygens (including phenoxy) is 3. The number of aliphatic carboxylic acids is 1. The highest BCUT2D eigenvalue weighted by molar-refractivity contribution is 6.17. The van der Waals surface area contributed by atoms with Gasteiger partial charge in [-0.05, 0) is 74.4 Å². The number of carbonyl (C=O) groups is 4. The van der Waals surface area contributed by atoms with E-state index in [2.05, 4.69) is 20.3 Å². The molecule has 1 atom stereocenters. The Morgan fingerprint density at radius 2 is 1.54 bits per heavy atom. The molecule has 0 saturated carbocycles. The number of fused-ring (bicyclic) bond motifs is 1. The fourth-order valence-electron chi connectivity index (χ4n) is 5.29. The summed E-state index contributed by atoms with van der Waals surface area (Å²) < 4.78 is 33.1. The third-order valence-electron chi connectivity index (χ3n) is 7.32. The van der Waals surface area contributed by atoms with Crippen LogP contribution in [0.15, 0.2) is 24.8 Å². The topological polar surface area (TPSA) is 178 Å². The van der Waals surface area contributed by atoms with E-state index in [4.69, 9.17) is 25.8 Å². The summed E-state index contributed by atoms with van der Waals surface area (Å²) in [7, 11) is 0. The standard InChI is InChI=1S/C33H43ClFN7O8/c1-30(2,3)48-27(45)39-33(26(43)44)12-13-40(16-33)22-11-10-21(35)19(14-34)20(22)15-41-18-38-23-24(41)36-17-37-25(23)42(28(46)49-31(4,5)6)29(47)50-32(7,8)9/h10-11,17-18H,12-16H2,1-9H3,(H,39,45)(H,43,44)/t33-/m1/s1. The van der Waals surface area contributed by atoms with Crippen molar-refractivity contribution >= 4 is 58.5 Å². The van der Waals surface area contributed by atoms with Crippen LogP contribution in [0, 0.1) is 5.82 Å². The minimum atomic E-state index is -1.69. The van der Waals surface area contributed by atoms with Crippen LogP contribution in [0.2, 0.25) is 0 Å². The zero-order valence-corrected chi connectivity index (χ0v) is 30.3. The van der Waals surface area contributed by atoms with E-state index < -0.39 is 52.4 Å². The molecular formula is C33H43ClFN7O8. The van der Waals surface area contributed by atoms with Gasteiger partial charge in [0.2, 0.25) is 0 Å². The highest BCUT2D eigenvalue weighted by Gasteiger charge is 2.48. The molecule has 1 fully saturated rings. The van der Waals surface area contributed by atoms with Crippen LogP contribution in [-0.4, -0.2) is 84.3 Å². The number of hydrogen-bond acceptors (Lipinski definition) is 11. The number of aromatic nitrogens is 4. The van der Waals surface area contributed by atoms with Crippen LogP contribution in [0.3, 0.4) is 0 Å². The lowest BCUT2D eigenvalue weighted by atomic mass is 9.99. The largest absolute Gasteiger partial charge is 0.479 e. The summed E-state index contributed by atoms with van der Waals surface area (Å²) in [5.74, 6) is -2.26. The molecule has 0 aliphatic carbocycles. The average molecular weight is 720 g/mol. The summed E-state index contributed by atoms with van der Waals surface area (Å²) in [6, 6.07) is 2.75. The Bertz CT molecular complexity index is 1770. The molecule has 17 heteroatoms. The molecule has 2 aromatic heterocycles. The Morgan fingerprint density at radius 3 is 2.08 bits per heavy atom. The van der Waals surface area contributed by atoms with E-state index in [-0.39, 0.29) is 54.5 Å². The zero-order valence-electron chi connectivity index (χ0n) is 29.6. The van der Waals surface area contributed by atoms with Crippen molar-refractivity contribution < 1.29 is 42.9 Å². The molecule has 1 aliphatic heterocycles. The van der Waals surface area contributed by atoms with Crippen LogP contribution in [0.1, 0.15) is 79.9 Å². The van der Waals surface area contributed by atoms with Crippen molar-refractivity contribution in [3.8, 4) is 0 Å². The molecule has 3 amide bonds. The summed E-state index contributed by atoms with van der Waals surface area (Å²) in [5, 5.41) is 12.7. The lowest BCUT2D eigenvalue weighted by molar-refractivity contribution is -0.143. The zero-order chi connectivity index (χ0) is 37.4. The van der Waals surface area contributed by atoms with Gasteiger partial charge in [-0.2, -0.15) is 4.90 Å². The number of nitrogens with one attached hydrogen (secondary N) is 1. The van der Waals surface area contributed by atoms with Crippen LogP contribution in [0.25, 0.3) is 11.2 Å². The minimum absolute atomic E-state index is 0.0321. The first-order valence-electron chi connectivity index (χ1n) is 15.8. The number of carbonyl (C=O) groups excluding carboxylic acids is 3. The highest BCUT2D eigenvalue weighted by atomic mass is 35.5. The van der Waals surface area contributed by atoms with Crippen molar-refractivity contribution in [3.63, 3.8) is 0 Å². The monoisotopic (exact) mass is 719 g/mol. The number of hydrogen-bond donors (Lipinski definition) is 2. The molecule has 0 bridgehead atoms. The Hall–Kier alpha value is -4.73. The van der Waals surface area contributed by atoms with Crippen LogP contribution in [0.4, 0.5) is 30.3 Å². The van der Waals surface area contributed by atoms with E-state index in [9.17, 15) is 24.3 Å². The number of benzene rings is 1. The molecule has 2 N–H and O–H groups in total. The van der Waals surface area contributed by atoms with Crippen LogP contribution >= 0.6 is 11.6 Å². The molecule has 15 nitrogen and oxygen atoms in total. The fraction of sp³-hybridized carbons (Fsp3) is 0.545. The van der Waals surface area contributed by atoms with E-state index in [1.807, 2.05) is 0 Å². The van der Waals surface area contributed by atoms with Crippen LogP contribution < -0.4 is 15.1 Å². The van der Waals surface area contributed by atoms with E-state index in [0.717, 1.165) is 6.33 Å². The van der Waals surface area contributed by atoms with E-state index in [1.54, 1.807) is 71.8 Å². The Morgan fingerprint density at radius 1 is 0.940 bits per heavy atom. The first kappa shape index (κ1) is 38.1. The maximum absolute atomic E-state index is 15.3. The number of imidazole rings is 1. The number of alkyl halides is 1. The molecule has 0 radical (unpaired) electrons. The second-order valence-electron chi connectivity index (χ2n) is 14.9. The number of halogens is 2. The maximum atomic E-state index is 15.3. The molecule has 3 aromatic rings. The molecule has 1 aromatic carbocycles. The maximum Gasteiger partial charge on any atom is 0.425 e. The first-order valence-corrected chi connectivity index (χ1v) is 16.4. The number of anilines is 2. The number of carboxylic acids is 1. The smallest absolute Gasteiger partial charge is 0.425 e. The summed E-state index contributed by atoms with van der Waals surface area (Å²) >= 11 is 6.27. The molecule has 1 saturated heterocycles. The normalized spacial score (nSPS) is 16.7. The Labute approximate surface area is 294 Å². The SMILES string of the molecule is CC(C)(C)OC(=O)N[C@]1(C(=O)O)CCN(c2ccc(F)c(CCl)c2Cn2cnc3c(N(C(=O)OC(C)(C)C)C(=O)OC(C)(C)C)ncnc32)C1. The van der Waals surface area contributed by atoms with Crippen LogP contribution in [-0.2, 0) is 31.4 Å². The van der Waals surface area contributed by atoms with Gasteiger partial charge in [-0.15, -0.1) is 11.6 Å². The van der Waals surface area contributed by atoms with Gasteiger partial charge in [-0.1, -0.05) is 0 Å². The summed E-state index contributed by atoms with van der Waals surface area (Å²) in [4.78, 5) is 67.2. The quantitative estimate of drug-likeness (QED) is 0.216. The molecule has 4 rings (SSSR count). The molecule has 0 unspecified atom stereocenters. The van der Waals surface area contributed by atoms with Gasteiger partial charge in [-0.25, -0.2) is 38.5 Å². The van der Waals surface area contributed by atoms with Gasteiger partial charge in [0.1, 0.15) is 28.9 Å². The van der Waals surface area contributed by atoms with Crippen molar-refractivity contribution in [1.29, 1.82) is 0 Å². The predicted octanol–water partition coefficient (Wildman–Crippen LogP) is 5.99. The van der Waals surface area contributed by atoms with Crippen molar-refractivity contribution in [2.75, 3.05) is 22.9 Å². The van der Waals surface area contributed by atoms with Gasteiger partial charge in [0.25, 0.3) is 0 Å². The molecule has 3 heterocycles. The molecule has 1 aliphatic rings. The minimum Gasteiger partial charge on any atom is -0.479 e. The van der Waals surface area contributed by atoms with E-state index in [1.165, 1.54) is 18.5 Å². The number of amides is 3. The van der Waals surface area contributed by atoms with Crippen LogP contribution in [0.5, 0.6) is 0 Å². The Balaban J connectivity index is 1.76. The number of carboxylic acid groups (broad SMARTS) is 1. The third kappa shape index (κ3) is 8.70. The number of imide groups is 1. The van der Waals surface area contributed by atoms with Gasteiger partial charge >= 0.3 is 24.2 Å². The second-order valence-corrected chi connectivity index (χ2v) is 15.1. The molecule has 272 valence electrons. The predicted molar refractivity (Wildman–Crippen MR) is 182 cm³/mol. The fourth-order valence-corrected chi connectivity index (χ4v) is 5.58. The van der Waals surface area contributed by atoms with E-state index in [0.29, 0.717) is 16.2 Å². The number of alkyl carbamates (subject to hydrolysis) is 1. The third-order valence-corrected chi connectivity index (χ3v) is 7.58. The molecule has 50 heavy (non-hydrogen) atoms. The van der Waals surface area contributed by atoms with Gasteiger partial charge < -0.3 is 34.1 Å². The summed E-state index contributed by atoms with van der Waals surface area (Å²) in [6.07, 6.45) is -0.424. The Kier molecular flexibility index (Phi) is 10.6. The molecular weight excluding hydrogens is 677 g/mol. The van der Waals surface area contributed by atoms with Crippen molar-refractivity contribution in [2.45, 2.75) is 104 Å². The first-order chi connectivity index (χ1) is 23.0.